The molecule has 0 atom stereocenters. The van der Waals surface area contributed by atoms with Gasteiger partial charge in [0.1, 0.15) is 0 Å². The van der Waals surface area contributed by atoms with Gasteiger partial charge in [-0.3, -0.25) is 4.79 Å². The number of hydrogen-bond donors (Lipinski definition) is 0. The first-order valence-corrected chi connectivity index (χ1v) is 6.01. The topological polar surface area (TPSA) is 35.5 Å². The van der Waals surface area contributed by atoms with Crippen LogP contribution in [0, 0.1) is 30.2 Å². The smallest absolute Gasteiger partial charge is 0.313 e. The van der Waals surface area contributed by atoms with Crippen LogP contribution in [0.1, 0.15) is 25.3 Å². The van der Waals surface area contributed by atoms with Crippen LogP contribution in [-0.4, -0.2) is 19.2 Å². The van der Waals surface area contributed by atoms with E-state index in [1.54, 1.807) is 0 Å². The molecule has 7 heteroatoms. The third kappa shape index (κ3) is 3.69. The molecule has 112 valence electrons. The summed E-state index contributed by atoms with van der Waals surface area (Å²) < 4.78 is 62.4. The lowest BCUT2D eigenvalue weighted by Gasteiger charge is -2.10. The Morgan fingerprint density at radius 2 is 1.65 bits per heavy atom. The average molecular weight is 294 g/mol. The SMILES string of the molecule is CCCOCCC(=O)Oc1c(F)c(C)c(F)c(F)c1F. The van der Waals surface area contributed by atoms with Gasteiger partial charge >= 0.3 is 5.97 Å². The summed E-state index contributed by atoms with van der Waals surface area (Å²) >= 11 is 0. The van der Waals surface area contributed by atoms with Gasteiger partial charge in [-0.15, -0.1) is 0 Å². The summed E-state index contributed by atoms with van der Waals surface area (Å²) in [5.41, 5.74) is -0.756. The number of carbonyl (C=O) groups is 1. The van der Waals surface area contributed by atoms with Crippen molar-refractivity contribution in [1.29, 1.82) is 0 Å². The largest absolute Gasteiger partial charge is 0.420 e. The van der Waals surface area contributed by atoms with E-state index < -0.39 is 40.6 Å². The van der Waals surface area contributed by atoms with E-state index in [9.17, 15) is 22.4 Å². The van der Waals surface area contributed by atoms with Crippen LogP contribution < -0.4 is 4.74 Å². The average Bonchev–Trinajstić information content (AvgIpc) is 2.44. The van der Waals surface area contributed by atoms with E-state index in [0.717, 1.165) is 13.3 Å². The van der Waals surface area contributed by atoms with E-state index in [1.807, 2.05) is 6.92 Å². The van der Waals surface area contributed by atoms with Crippen LogP contribution >= 0.6 is 0 Å². The fourth-order valence-electron chi connectivity index (χ4n) is 1.38. The minimum atomic E-state index is -1.88. The maximum absolute atomic E-state index is 13.6. The highest BCUT2D eigenvalue weighted by atomic mass is 19.2. The molecule has 0 saturated heterocycles. The summed E-state index contributed by atoms with van der Waals surface area (Å²) in [7, 11) is 0. The Hall–Kier alpha value is -1.63. The monoisotopic (exact) mass is 294 g/mol. The van der Waals surface area contributed by atoms with Crippen LogP contribution in [-0.2, 0) is 9.53 Å². The van der Waals surface area contributed by atoms with Crippen LogP contribution in [0.5, 0.6) is 5.75 Å². The summed E-state index contributed by atoms with van der Waals surface area (Å²) in [6.45, 7) is 3.22. The first kappa shape index (κ1) is 16.4. The van der Waals surface area contributed by atoms with E-state index >= 15 is 0 Å². The Balaban J connectivity index is 2.80. The highest BCUT2D eigenvalue weighted by Crippen LogP contribution is 2.29. The van der Waals surface area contributed by atoms with Gasteiger partial charge in [-0.05, 0) is 13.3 Å². The van der Waals surface area contributed by atoms with Crippen molar-refractivity contribution in [3.05, 3.63) is 28.8 Å². The lowest BCUT2D eigenvalue weighted by Crippen LogP contribution is -2.15. The third-order valence-corrected chi connectivity index (χ3v) is 2.46. The first-order chi connectivity index (χ1) is 9.40. The predicted molar refractivity (Wildman–Crippen MR) is 62.4 cm³/mol. The number of hydrogen-bond acceptors (Lipinski definition) is 3. The molecule has 0 N–H and O–H groups in total. The zero-order chi connectivity index (χ0) is 15.3. The molecule has 0 saturated carbocycles. The van der Waals surface area contributed by atoms with E-state index in [2.05, 4.69) is 4.74 Å². The van der Waals surface area contributed by atoms with Gasteiger partial charge in [-0.2, -0.15) is 4.39 Å². The molecule has 1 aromatic rings. The Labute approximate surface area is 113 Å². The summed E-state index contributed by atoms with van der Waals surface area (Å²) in [6.07, 6.45) is 0.498. The Bertz CT molecular complexity index is 474. The number of esters is 1. The molecule has 0 bridgehead atoms. The summed E-state index contributed by atoms with van der Waals surface area (Å²) in [5.74, 6) is -9.07. The van der Waals surface area contributed by atoms with E-state index in [4.69, 9.17) is 4.74 Å². The molecular weight excluding hydrogens is 280 g/mol. The van der Waals surface area contributed by atoms with Crippen molar-refractivity contribution in [3.8, 4) is 5.75 Å². The van der Waals surface area contributed by atoms with Gasteiger partial charge in [0.25, 0.3) is 0 Å². The molecule has 1 rings (SSSR count). The van der Waals surface area contributed by atoms with Gasteiger partial charge in [0, 0.05) is 12.2 Å². The second kappa shape index (κ2) is 7.23. The highest BCUT2D eigenvalue weighted by molar-refractivity contribution is 5.72. The number of halogens is 4. The van der Waals surface area contributed by atoms with Crippen molar-refractivity contribution >= 4 is 5.97 Å². The number of ether oxygens (including phenoxy) is 2. The zero-order valence-electron chi connectivity index (χ0n) is 11.1. The van der Waals surface area contributed by atoms with Crippen molar-refractivity contribution < 1.29 is 31.8 Å². The zero-order valence-corrected chi connectivity index (χ0v) is 11.1. The number of rotatable bonds is 6. The van der Waals surface area contributed by atoms with Gasteiger partial charge < -0.3 is 9.47 Å². The maximum Gasteiger partial charge on any atom is 0.313 e. The van der Waals surface area contributed by atoms with E-state index in [0.29, 0.717) is 6.61 Å². The van der Waals surface area contributed by atoms with Crippen molar-refractivity contribution in [2.24, 2.45) is 0 Å². The predicted octanol–water partition coefficient (Wildman–Crippen LogP) is 3.27. The summed E-state index contributed by atoms with van der Waals surface area (Å²) in [5, 5.41) is 0. The van der Waals surface area contributed by atoms with Gasteiger partial charge in [-0.25, -0.2) is 13.2 Å². The molecule has 0 fully saturated rings. The van der Waals surface area contributed by atoms with Gasteiger partial charge in [-0.1, -0.05) is 6.92 Å². The highest BCUT2D eigenvalue weighted by Gasteiger charge is 2.25. The maximum atomic E-state index is 13.6. The third-order valence-electron chi connectivity index (χ3n) is 2.46. The summed E-state index contributed by atoms with van der Waals surface area (Å²) in [4.78, 5) is 11.3. The minimum absolute atomic E-state index is 0.0125. The second-order valence-electron chi connectivity index (χ2n) is 4.05. The molecule has 3 nitrogen and oxygen atoms in total. The quantitative estimate of drug-likeness (QED) is 0.202. The molecular formula is C13H14F4O3. The van der Waals surface area contributed by atoms with Gasteiger partial charge in [0.05, 0.1) is 13.0 Å². The normalized spacial score (nSPS) is 10.7. The van der Waals surface area contributed by atoms with E-state index in [-0.39, 0.29) is 13.0 Å². The molecule has 1 aromatic carbocycles. The summed E-state index contributed by atoms with van der Waals surface area (Å²) in [6, 6.07) is 0. The lowest BCUT2D eigenvalue weighted by atomic mass is 10.2. The fraction of sp³-hybridized carbons (Fsp3) is 0.462. The Kier molecular flexibility index (Phi) is 5.94. The molecule has 0 spiro atoms. The Morgan fingerprint density at radius 3 is 2.25 bits per heavy atom. The van der Waals surface area contributed by atoms with Crippen LogP contribution in [0.25, 0.3) is 0 Å². The van der Waals surface area contributed by atoms with E-state index in [1.165, 1.54) is 0 Å². The molecule has 0 aliphatic heterocycles. The van der Waals surface area contributed by atoms with Crippen molar-refractivity contribution in [1.82, 2.24) is 0 Å². The molecule has 0 heterocycles. The van der Waals surface area contributed by atoms with Crippen molar-refractivity contribution in [2.75, 3.05) is 13.2 Å². The lowest BCUT2D eigenvalue weighted by molar-refractivity contribution is -0.136. The first-order valence-electron chi connectivity index (χ1n) is 6.01. The molecule has 0 amide bonds. The molecule has 0 unspecified atom stereocenters. The van der Waals surface area contributed by atoms with Gasteiger partial charge in [0.15, 0.2) is 17.5 Å². The van der Waals surface area contributed by atoms with Crippen LogP contribution in [0.3, 0.4) is 0 Å². The molecule has 0 aliphatic carbocycles. The molecule has 0 aromatic heterocycles. The number of carbonyl (C=O) groups excluding carboxylic acids is 1. The van der Waals surface area contributed by atoms with Crippen LogP contribution in [0.4, 0.5) is 17.6 Å². The van der Waals surface area contributed by atoms with Crippen molar-refractivity contribution in [3.63, 3.8) is 0 Å². The second-order valence-corrected chi connectivity index (χ2v) is 4.05. The fourth-order valence-corrected chi connectivity index (χ4v) is 1.38. The molecule has 0 aliphatic rings. The van der Waals surface area contributed by atoms with Crippen LogP contribution in [0.15, 0.2) is 0 Å². The minimum Gasteiger partial charge on any atom is -0.420 e. The van der Waals surface area contributed by atoms with Crippen molar-refractivity contribution in [2.45, 2.75) is 26.7 Å². The Morgan fingerprint density at radius 1 is 1.00 bits per heavy atom. The number of benzene rings is 1. The standard InChI is InChI=1S/C13H14F4O3/c1-3-5-19-6-4-8(18)20-13-10(15)7(2)9(14)11(16)12(13)17/h3-6H2,1-2H3. The molecule has 0 radical (unpaired) electrons. The molecule has 20 heavy (non-hydrogen) atoms. The van der Waals surface area contributed by atoms with Gasteiger partial charge in [0.2, 0.25) is 11.6 Å². The van der Waals surface area contributed by atoms with Crippen LogP contribution in [0.2, 0.25) is 0 Å².